The van der Waals surface area contributed by atoms with E-state index in [1.807, 2.05) is 12.1 Å². The molecule has 3 nitrogen and oxygen atoms in total. The molecule has 0 saturated heterocycles. The Morgan fingerprint density at radius 1 is 0.314 bits per heavy atom. The van der Waals surface area contributed by atoms with E-state index in [4.69, 9.17) is 4.42 Å². The Balaban J connectivity index is 1.14. The number of aromatic nitrogens is 2. The van der Waals surface area contributed by atoms with Gasteiger partial charge in [-0.1, -0.05) is 109 Å². The third-order valence-electron chi connectivity index (χ3n) is 10.5. The third-order valence-corrected chi connectivity index (χ3v) is 10.5. The highest BCUT2D eigenvalue weighted by Gasteiger charge is 2.19. The molecule has 0 atom stereocenters. The van der Waals surface area contributed by atoms with E-state index in [0.29, 0.717) is 0 Å². The second-order valence-corrected chi connectivity index (χ2v) is 13.3. The lowest BCUT2D eigenvalue weighted by Crippen LogP contribution is -1.94. The van der Waals surface area contributed by atoms with Gasteiger partial charge in [0, 0.05) is 32.6 Å². The average Bonchev–Trinajstić information content (AvgIpc) is 3.85. The highest BCUT2D eigenvalue weighted by atomic mass is 16.3. The van der Waals surface area contributed by atoms with Gasteiger partial charge in [0.1, 0.15) is 11.2 Å². The summed E-state index contributed by atoms with van der Waals surface area (Å²) < 4.78 is 11.1. The van der Waals surface area contributed by atoms with Crippen LogP contribution < -0.4 is 0 Å². The molecule has 0 amide bonds. The first-order valence-corrected chi connectivity index (χ1v) is 17.4. The van der Waals surface area contributed by atoms with E-state index in [9.17, 15) is 0 Å². The van der Waals surface area contributed by atoms with Gasteiger partial charge in [0.15, 0.2) is 0 Å². The minimum atomic E-state index is 0.898. The number of hydrogen-bond acceptors (Lipinski definition) is 1. The molecule has 0 aliphatic carbocycles. The van der Waals surface area contributed by atoms with E-state index in [1.54, 1.807) is 0 Å². The van der Waals surface area contributed by atoms with Gasteiger partial charge in [-0.3, -0.25) is 0 Å². The van der Waals surface area contributed by atoms with E-state index in [1.165, 1.54) is 65.9 Å². The Bertz CT molecular complexity index is 3130. The number of para-hydroxylation sites is 3. The zero-order valence-corrected chi connectivity index (χ0v) is 27.6. The topological polar surface area (TPSA) is 23.0 Å². The molecule has 0 bridgehead atoms. The molecule has 0 fully saturated rings. The number of fused-ring (bicyclic) bond motifs is 9. The maximum atomic E-state index is 6.31. The zero-order valence-electron chi connectivity index (χ0n) is 27.6. The van der Waals surface area contributed by atoms with Crippen LogP contribution in [0.25, 0.3) is 99.2 Å². The average molecular weight is 651 g/mol. The lowest BCUT2D eigenvalue weighted by atomic mass is 9.99. The Labute approximate surface area is 293 Å². The molecule has 3 aromatic heterocycles. The maximum absolute atomic E-state index is 6.31. The van der Waals surface area contributed by atoms with Gasteiger partial charge in [-0.15, -0.1) is 0 Å². The first kappa shape index (κ1) is 28.0. The van der Waals surface area contributed by atoms with E-state index < -0.39 is 0 Å². The number of nitrogens with zero attached hydrogens (tertiary/aromatic N) is 2. The molecule has 0 N–H and O–H groups in total. The zero-order chi connectivity index (χ0) is 33.5. The van der Waals surface area contributed by atoms with Crippen LogP contribution in [0.3, 0.4) is 0 Å². The molecule has 238 valence electrons. The lowest BCUT2D eigenvalue weighted by Gasteiger charge is -2.10. The Hall–Kier alpha value is -6.84. The van der Waals surface area contributed by atoms with Crippen molar-refractivity contribution in [2.75, 3.05) is 0 Å². The summed E-state index contributed by atoms with van der Waals surface area (Å²) in [7, 11) is 0. The SMILES string of the molecule is c1ccc(-c2ccc3c(c2)c2cc(-c4ccc5c(c4)c4ccccc4n5-c4cccc5oc6ccccc6c45)ccc2n3-c2ccccc2)cc1. The van der Waals surface area contributed by atoms with Crippen molar-refractivity contribution in [3.8, 4) is 33.6 Å². The molecule has 0 aliphatic rings. The van der Waals surface area contributed by atoms with Gasteiger partial charge in [-0.2, -0.15) is 0 Å². The van der Waals surface area contributed by atoms with Crippen LogP contribution in [0.2, 0.25) is 0 Å². The molecule has 3 heteroatoms. The van der Waals surface area contributed by atoms with Crippen LogP contribution in [0, 0.1) is 0 Å². The molecule has 0 spiro atoms. The molecule has 0 aliphatic heterocycles. The van der Waals surface area contributed by atoms with E-state index in [2.05, 4.69) is 179 Å². The molecule has 3 heterocycles. The molecule has 8 aromatic carbocycles. The van der Waals surface area contributed by atoms with Gasteiger partial charge in [0.05, 0.1) is 33.1 Å². The van der Waals surface area contributed by atoms with Crippen molar-refractivity contribution in [2.24, 2.45) is 0 Å². The fourth-order valence-electron chi connectivity index (χ4n) is 8.22. The fraction of sp³-hybridized carbons (Fsp3) is 0. The monoisotopic (exact) mass is 650 g/mol. The second kappa shape index (κ2) is 10.8. The predicted octanol–water partition coefficient (Wildman–Crippen LogP) is 13.1. The molecule has 0 unspecified atom stereocenters. The van der Waals surface area contributed by atoms with Crippen molar-refractivity contribution in [3.63, 3.8) is 0 Å². The first-order chi connectivity index (χ1) is 25.3. The maximum Gasteiger partial charge on any atom is 0.137 e. The smallest absolute Gasteiger partial charge is 0.137 e. The van der Waals surface area contributed by atoms with Crippen LogP contribution in [0.4, 0.5) is 0 Å². The highest BCUT2D eigenvalue weighted by molar-refractivity contribution is 6.16. The normalized spacial score (nSPS) is 11.9. The molecule has 11 aromatic rings. The van der Waals surface area contributed by atoms with E-state index >= 15 is 0 Å². The highest BCUT2D eigenvalue weighted by Crippen LogP contribution is 2.41. The molecule has 0 radical (unpaired) electrons. The summed E-state index contributed by atoms with van der Waals surface area (Å²) in [6, 6.07) is 65.5. The third kappa shape index (κ3) is 4.19. The summed E-state index contributed by atoms with van der Waals surface area (Å²) in [5.74, 6) is 0. The van der Waals surface area contributed by atoms with Crippen molar-refractivity contribution in [2.45, 2.75) is 0 Å². The van der Waals surface area contributed by atoms with Gasteiger partial charge in [0.2, 0.25) is 0 Å². The molecule has 0 saturated carbocycles. The first-order valence-electron chi connectivity index (χ1n) is 17.4. The predicted molar refractivity (Wildman–Crippen MR) is 213 cm³/mol. The van der Waals surface area contributed by atoms with Crippen molar-refractivity contribution < 1.29 is 4.42 Å². The molecule has 11 rings (SSSR count). The number of rotatable bonds is 4. The summed E-state index contributed by atoms with van der Waals surface area (Å²) in [4.78, 5) is 0. The van der Waals surface area contributed by atoms with Crippen LogP contribution in [-0.4, -0.2) is 9.13 Å². The van der Waals surface area contributed by atoms with Gasteiger partial charge in [-0.25, -0.2) is 0 Å². The van der Waals surface area contributed by atoms with Crippen LogP contribution in [-0.2, 0) is 0 Å². The summed E-state index contributed by atoms with van der Waals surface area (Å²) in [5.41, 5.74) is 13.7. The quantitative estimate of drug-likeness (QED) is 0.186. The van der Waals surface area contributed by atoms with Crippen LogP contribution in [0.15, 0.2) is 186 Å². The summed E-state index contributed by atoms with van der Waals surface area (Å²) in [6.07, 6.45) is 0. The van der Waals surface area contributed by atoms with Crippen LogP contribution in [0.5, 0.6) is 0 Å². The fourth-order valence-corrected chi connectivity index (χ4v) is 8.22. The van der Waals surface area contributed by atoms with Crippen molar-refractivity contribution in [3.05, 3.63) is 182 Å². The number of furan rings is 1. The van der Waals surface area contributed by atoms with Crippen LogP contribution >= 0.6 is 0 Å². The molecular weight excluding hydrogens is 621 g/mol. The molecular formula is C48H30N2O. The summed E-state index contributed by atoms with van der Waals surface area (Å²) >= 11 is 0. The standard InChI is InChI=1S/C48H30N2O/c1-3-12-31(13-4-1)32-22-25-42-39(28-32)40-30-34(23-26-43(40)49(42)35-14-5-2-6-15-35)33-24-27-44-38(29-33)36-16-7-9-18-41(36)50(44)45-19-11-21-47-48(45)37-17-8-10-20-46(37)51-47/h1-30H. The molecule has 51 heavy (non-hydrogen) atoms. The number of hydrogen-bond donors (Lipinski definition) is 0. The lowest BCUT2D eigenvalue weighted by molar-refractivity contribution is 0.669. The minimum Gasteiger partial charge on any atom is -0.456 e. The van der Waals surface area contributed by atoms with Crippen molar-refractivity contribution >= 4 is 65.6 Å². The Morgan fingerprint density at radius 3 is 1.53 bits per heavy atom. The van der Waals surface area contributed by atoms with E-state index in [0.717, 1.165) is 33.3 Å². The largest absolute Gasteiger partial charge is 0.456 e. The van der Waals surface area contributed by atoms with E-state index in [-0.39, 0.29) is 0 Å². The van der Waals surface area contributed by atoms with Gasteiger partial charge in [0.25, 0.3) is 0 Å². The van der Waals surface area contributed by atoms with Crippen molar-refractivity contribution in [1.82, 2.24) is 9.13 Å². The summed E-state index contributed by atoms with van der Waals surface area (Å²) in [6.45, 7) is 0. The van der Waals surface area contributed by atoms with Gasteiger partial charge >= 0.3 is 0 Å². The minimum absolute atomic E-state index is 0.898. The van der Waals surface area contributed by atoms with Crippen molar-refractivity contribution in [1.29, 1.82) is 0 Å². The van der Waals surface area contributed by atoms with Gasteiger partial charge in [-0.05, 0) is 95.1 Å². The van der Waals surface area contributed by atoms with Crippen LogP contribution in [0.1, 0.15) is 0 Å². The second-order valence-electron chi connectivity index (χ2n) is 13.3. The summed E-state index contributed by atoms with van der Waals surface area (Å²) in [5, 5.41) is 7.21. The Kier molecular flexibility index (Phi) is 5.96. The number of benzene rings is 8. The Morgan fingerprint density at radius 2 is 0.824 bits per heavy atom. The van der Waals surface area contributed by atoms with Gasteiger partial charge < -0.3 is 13.6 Å².